The van der Waals surface area contributed by atoms with E-state index in [0.29, 0.717) is 23.3 Å². The smallest absolute Gasteiger partial charge is 0.219 e. The Hall–Kier alpha value is -2.63. The summed E-state index contributed by atoms with van der Waals surface area (Å²) in [5.74, 6) is 0.968. The lowest BCUT2D eigenvalue weighted by atomic mass is 10.0. The Bertz CT molecular complexity index is 891. The van der Waals surface area contributed by atoms with Gasteiger partial charge >= 0.3 is 0 Å². The van der Waals surface area contributed by atoms with Crippen molar-refractivity contribution in [2.24, 2.45) is 0 Å². The van der Waals surface area contributed by atoms with E-state index in [1.165, 1.54) is 12.5 Å². The first kappa shape index (κ1) is 20.1. The first-order valence-electron chi connectivity index (χ1n) is 9.17. The Morgan fingerprint density at radius 2 is 2.21 bits per heavy atom. The Morgan fingerprint density at radius 3 is 2.86 bits per heavy atom. The summed E-state index contributed by atoms with van der Waals surface area (Å²) in [6.45, 7) is 4.77. The van der Waals surface area contributed by atoms with Gasteiger partial charge in [-0.1, -0.05) is 35.9 Å². The van der Waals surface area contributed by atoms with Gasteiger partial charge in [0.05, 0.1) is 18.2 Å². The summed E-state index contributed by atoms with van der Waals surface area (Å²) in [6.07, 6.45) is 8.48. The molecule has 0 saturated carbocycles. The van der Waals surface area contributed by atoms with Crippen molar-refractivity contribution >= 4 is 29.2 Å². The number of nitrogens with zero attached hydrogens (tertiary/aromatic N) is 1. The highest BCUT2D eigenvalue weighted by Crippen LogP contribution is 2.32. The summed E-state index contributed by atoms with van der Waals surface area (Å²) in [5.41, 5.74) is 3.24. The zero-order valence-electron chi connectivity index (χ0n) is 15.9. The summed E-state index contributed by atoms with van der Waals surface area (Å²) in [5, 5.41) is 3.34. The molecule has 1 aliphatic rings. The van der Waals surface area contributed by atoms with Crippen LogP contribution in [0.3, 0.4) is 0 Å². The van der Waals surface area contributed by atoms with Crippen molar-refractivity contribution in [3.8, 4) is 11.6 Å². The van der Waals surface area contributed by atoms with Gasteiger partial charge in [0, 0.05) is 25.2 Å². The van der Waals surface area contributed by atoms with Crippen molar-refractivity contribution in [2.45, 2.75) is 26.3 Å². The number of carbonyl (C=O) groups is 1. The van der Waals surface area contributed by atoms with E-state index in [0.717, 1.165) is 24.2 Å². The van der Waals surface area contributed by atoms with Crippen molar-refractivity contribution < 1.29 is 14.3 Å². The molecule has 1 aromatic heterocycles. The van der Waals surface area contributed by atoms with Gasteiger partial charge in [-0.3, -0.25) is 4.79 Å². The maximum absolute atomic E-state index is 11.0. The van der Waals surface area contributed by atoms with Crippen LogP contribution >= 0.6 is 11.6 Å². The van der Waals surface area contributed by atoms with Crippen LogP contribution in [0.4, 0.5) is 0 Å². The van der Waals surface area contributed by atoms with E-state index < -0.39 is 0 Å². The molecule has 1 N–H and O–H groups in total. The van der Waals surface area contributed by atoms with Gasteiger partial charge in [0.1, 0.15) is 5.75 Å². The molecule has 1 amide bonds. The topological polar surface area (TPSA) is 60.5 Å². The number of carbonyl (C=O) groups excluding carboxylic acids is 1. The average molecular weight is 399 g/mol. The Labute approximate surface area is 170 Å². The normalized spacial score (nSPS) is 15.2. The molecular formula is C22H23ClN2O3. The van der Waals surface area contributed by atoms with Crippen LogP contribution in [-0.4, -0.2) is 30.1 Å². The van der Waals surface area contributed by atoms with E-state index in [9.17, 15) is 4.79 Å². The van der Waals surface area contributed by atoms with E-state index in [2.05, 4.69) is 16.4 Å². The molecule has 28 heavy (non-hydrogen) atoms. The van der Waals surface area contributed by atoms with Crippen LogP contribution in [0.2, 0.25) is 5.02 Å². The SMILES string of the molecule is CC(=O)N[C@@H](C)/C=C/c1ccc(Oc2ccc(C3=CCOCC3)cc2Cl)nc1. The highest BCUT2D eigenvalue weighted by atomic mass is 35.5. The number of benzene rings is 1. The highest BCUT2D eigenvalue weighted by molar-refractivity contribution is 6.32. The van der Waals surface area contributed by atoms with E-state index in [1.807, 2.05) is 43.3 Å². The molecule has 0 unspecified atom stereocenters. The van der Waals surface area contributed by atoms with E-state index >= 15 is 0 Å². The monoisotopic (exact) mass is 398 g/mol. The molecule has 0 saturated heterocycles. The predicted octanol–water partition coefficient (Wildman–Crippen LogP) is 4.87. The second-order valence-electron chi connectivity index (χ2n) is 6.58. The van der Waals surface area contributed by atoms with Crippen molar-refractivity contribution in [1.82, 2.24) is 10.3 Å². The van der Waals surface area contributed by atoms with Crippen molar-refractivity contribution in [3.63, 3.8) is 0 Å². The standard InChI is InChI=1S/C22H23ClN2O3/c1-15(25-16(2)26)3-4-17-5-8-22(24-14-17)28-21-7-6-19(13-20(21)23)18-9-11-27-12-10-18/h3-9,13-15H,10-12H2,1-2H3,(H,25,26)/b4-3+/t15-/m0/s1. The zero-order valence-corrected chi connectivity index (χ0v) is 16.7. The minimum absolute atomic E-state index is 0.0448. The molecule has 0 aliphatic carbocycles. The van der Waals surface area contributed by atoms with E-state index in [4.69, 9.17) is 21.1 Å². The molecule has 1 atom stereocenters. The Kier molecular flexibility index (Phi) is 6.85. The zero-order chi connectivity index (χ0) is 19.9. The number of rotatable bonds is 6. The lowest BCUT2D eigenvalue weighted by molar-refractivity contribution is -0.119. The van der Waals surface area contributed by atoms with Gasteiger partial charge in [-0.25, -0.2) is 4.98 Å². The van der Waals surface area contributed by atoms with Gasteiger partial charge in [0.25, 0.3) is 0 Å². The van der Waals surface area contributed by atoms with Gasteiger partial charge in [0.15, 0.2) is 0 Å². The maximum atomic E-state index is 11.0. The summed E-state index contributed by atoms with van der Waals surface area (Å²) < 4.78 is 11.2. The molecular weight excluding hydrogens is 376 g/mol. The lowest BCUT2D eigenvalue weighted by Crippen LogP contribution is -2.28. The number of halogens is 1. The lowest BCUT2D eigenvalue weighted by Gasteiger charge is -2.15. The molecule has 1 aliphatic heterocycles. The molecule has 3 rings (SSSR count). The number of aromatic nitrogens is 1. The van der Waals surface area contributed by atoms with Crippen LogP contribution in [0.25, 0.3) is 11.6 Å². The average Bonchev–Trinajstić information content (AvgIpc) is 2.69. The first-order chi connectivity index (χ1) is 13.5. The second-order valence-corrected chi connectivity index (χ2v) is 6.99. The van der Waals surface area contributed by atoms with E-state index in [1.54, 1.807) is 12.3 Å². The van der Waals surface area contributed by atoms with Gasteiger partial charge < -0.3 is 14.8 Å². The molecule has 1 aromatic carbocycles. The molecule has 0 radical (unpaired) electrons. The minimum atomic E-state index is -0.0602. The molecule has 5 nitrogen and oxygen atoms in total. The third-order valence-corrected chi connectivity index (χ3v) is 4.54. The van der Waals surface area contributed by atoms with Crippen LogP contribution < -0.4 is 10.1 Å². The molecule has 0 bridgehead atoms. The Morgan fingerprint density at radius 1 is 1.36 bits per heavy atom. The molecule has 0 spiro atoms. The van der Waals surface area contributed by atoms with Crippen LogP contribution in [-0.2, 0) is 9.53 Å². The van der Waals surface area contributed by atoms with Crippen LogP contribution in [0.5, 0.6) is 11.6 Å². The summed E-state index contributed by atoms with van der Waals surface area (Å²) in [4.78, 5) is 15.3. The first-order valence-corrected chi connectivity index (χ1v) is 9.55. The fourth-order valence-electron chi connectivity index (χ4n) is 2.86. The van der Waals surface area contributed by atoms with Crippen LogP contribution in [0.1, 0.15) is 31.4 Å². The summed E-state index contributed by atoms with van der Waals surface area (Å²) in [7, 11) is 0. The van der Waals surface area contributed by atoms with Crippen LogP contribution in [0, 0.1) is 0 Å². The van der Waals surface area contributed by atoms with Crippen molar-refractivity contribution in [1.29, 1.82) is 0 Å². The predicted molar refractivity (Wildman–Crippen MR) is 111 cm³/mol. The second kappa shape index (κ2) is 9.53. The maximum Gasteiger partial charge on any atom is 0.219 e. The molecule has 6 heteroatoms. The van der Waals surface area contributed by atoms with Gasteiger partial charge in [-0.05, 0) is 48.2 Å². The Balaban J connectivity index is 1.64. The largest absolute Gasteiger partial charge is 0.437 e. The third kappa shape index (κ3) is 5.68. The fourth-order valence-corrected chi connectivity index (χ4v) is 3.08. The van der Waals surface area contributed by atoms with Gasteiger partial charge in [0.2, 0.25) is 11.8 Å². The van der Waals surface area contributed by atoms with Gasteiger partial charge in [-0.2, -0.15) is 0 Å². The number of nitrogens with one attached hydrogen (secondary N) is 1. The number of hydrogen-bond acceptors (Lipinski definition) is 4. The van der Waals surface area contributed by atoms with Gasteiger partial charge in [-0.15, -0.1) is 0 Å². The number of amides is 1. The summed E-state index contributed by atoms with van der Waals surface area (Å²) >= 11 is 6.40. The van der Waals surface area contributed by atoms with Crippen molar-refractivity contribution in [2.75, 3.05) is 13.2 Å². The molecule has 2 aromatic rings. The third-order valence-electron chi connectivity index (χ3n) is 4.25. The van der Waals surface area contributed by atoms with E-state index in [-0.39, 0.29) is 11.9 Å². The fraction of sp³-hybridized carbons (Fsp3) is 0.273. The highest BCUT2D eigenvalue weighted by Gasteiger charge is 2.10. The molecule has 0 fully saturated rings. The number of pyridine rings is 1. The van der Waals surface area contributed by atoms with Crippen LogP contribution in [0.15, 0.2) is 48.7 Å². The number of ether oxygens (including phenoxy) is 2. The van der Waals surface area contributed by atoms with Crippen molar-refractivity contribution in [3.05, 3.63) is 64.8 Å². The minimum Gasteiger partial charge on any atom is -0.437 e. The quantitative estimate of drug-likeness (QED) is 0.754. The number of hydrogen-bond donors (Lipinski definition) is 1. The molecule has 2 heterocycles. The molecule has 146 valence electrons. The summed E-state index contributed by atoms with van der Waals surface area (Å²) in [6, 6.07) is 9.41.